The first kappa shape index (κ1) is 13.2. The van der Waals surface area contributed by atoms with Gasteiger partial charge in [-0.2, -0.15) is 0 Å². The van der Waals surface area contributed by atoms with Gasteiger partial charge < -0.3 is 4.57 Å². The Morgan fingerprint density at radius 1 is 1.05 bits per heavy atom. The van der Waals surface area contributed by atoms with E-state index in [1.165, 1.54) is 0 Å². The largest absolute Gasteiger partial charge is 0.313 e. The van der Waals surface area contributed by atoms with Gasteiger partial charge in [0, 0.05) is 17.1 Å². The van der Waals surface area contributed by atoms with Gasteiger partial charge in [-0.25, -0.2) is 4.98 Å². The molecule has 0 saturated heterocycles. The maximum Gasteiger partial charge on any atom is 0.217 e. The maximum atomic E-state index is 11.5. The number of hydrogen-bond donors (Lipinski definition) is 0. The van der Waals surface area contributed by atoms with Crippen molar-refractivity contribution in [3.05, 3.63) is 57.9 Å². The SMILES string of the molecule is Cn1c2ccccc2n2c(N=O)c(-c3ccc(Br)cc3)nc12. The number of aryl methyl sites for hydroxylation is 1. The monoisotopic (exact) mass is 354 g/mol. The number of imidazole rings is 2. The lowest BCUT2D eigenvalue weighted by Crippen LogP contribution is -1.88. The van der Waals surface area contributed by atoms with Crippen LogP contribution in [0.5, 0.6) is 0 Å². The molecule has 0 aliphatic carbocycles. The first-order valence-corrected chi connectivity index (χ1v) is 7.55. The Labute approximate surface area is 134 Å². The maximum absolute atomic E-state index is 11.5. The summed E-state index contributed by atoms with van der Waals surface area (Å²) in [6, 6.07) is 15.5. The Hall–Kier alpha value is -2.47. The molecule has 0 unspecified atom stereocenters. The Kier molecular flexibility index (Phi) is 2.87. The number of para-hydroxylation sites is 2. The summed E-state index contributed by atoms with van der Waals surface area (Å²) in [5, 5.41) is 3.25. The van der Waals surface area contributed by atoms with Gasteiger partial charge in [0.05, 0.1) is 11.0 Å². The lowest BCUT2D eigenvalue weighted by atomic mass is 10.1. The molecule has 4 aromatic rings. The molecule has 0 spiro atoms. The molecular formula is C16H11BrN4O. The fourth-order valence-electron chi connectivity index (χ4n) is 2.78. The molecule has 22 heavy (non-hydrogen) atoms. The van der Waals surface area contributed by atoms with Gasteiger partial charge in [0.25, 0.3) is 0 Å². The minimum absolute atomic E-state index is 0.328. The molecule has 4 rings (SSSR count). The molecule has 2 aromatic heterocycles. The molecule has 0 bridgehead atoms. The number of nitroso groups, excluding NO2 is 1. The standard InChI is InChI=1S/C16H11BrN4O/c1-20-12-4-2-3-5-13(12)21-15(19-22)14(18-16(20)21)10-6-8-11(17)9-7-10/h2-9H,1H3. The van der Waals surface area contributed by atoms with E-state index in [0.29, 0.717) is 17.3 Å². The first-order chi connectivity index (χ1) is 10.7. The van der Waals surface area contributed by atoms with Crippen LogP contribution in [0.4, 0.5) is 5.82 Å². The second kappa shape index (κ2) is 4.78. The third-order valence-electron chi connectivity index (χ3n) is 3.82. The summed E-state index contributed by atoms with van der Waals surface area (Å²) >= 11 is 3.41. The summed E-state index contributed by atoms with van der Waals surface area (Å²) in [7, 11) is 1.94. The number of hydrogen-bond acceptors (Lipinski definition) is 3. The van der Waals surface area contributed by atoms with Crippen molar-refractivity contribution in [1.82, 2.24) is 14.0 Å². The molecule has 2 heterocycles. The summed E-state index contributed by atoms with van der Waals surface area (Å²) in [5.41, 5.74) is 3.40. The van der Waals surface area contributed by atoms with Crippen LogP contribution in [0, 0.1) is 4.91 Å². The molecule has 5 nitrogen and oxygen atoms in total. The molecule has 0 amide bonds. The van der Waals surface area contributed by atoms with Crippen LogP contribution in [-0.4, -0.2) is 14.0 Å². The van der Waals surface area contributed by atoms with Crippen molar-refractivity contribution >= 4 is 38.6 Å². The van der Waals surface area contributed by atoms with E-state index < -0.39 is 0 Å². The van der Waals surface area contributed by atoms with Crippen molar-refractivity contribution in [3.8, 4) is 11.3 Å². The minimum Gasteiger partial charge on any atom is -0.313 e. The van der Waals surface area contributed by atoms with Gasteiger partial charge in [0.2, 0.25) is 11.6 Å². The third kappa shape index (κ3) is 1.74. The molecule has 0 saturated carbocycles. The number of halogens is 1. The molecule has 2 aromatic carbocycles. The highest BCUT2D eigenvalue weighted by molar-refractivity contribution is 9.10. The van der Waals surface area contributed by atoms with Gasteiger partial charge in [-0.3, -0.25) is 4.40 Å². The minimum atomic E-state index is 0.328. The number of aromatic nitrogens is 3. The summed E-state index contributed by atoms with van der Waals surface area (Å²) < 4.78 is 4.75. The molecular weight excluding hydrogens is 344 g/mol. The van der Waals surface area contributed by atoms with Gasteiger partial charge in [-0.1, -0.05) is 40.2 Å². The number of rotatable bonds is 2. The zero-order valence-corrected chi connectivity index (χ0v) is 13.3. The lowest BCUT2D eigenvalue weighted by Gasteiger charge is -1.99. The van der Waals surface area contributed by atoms with Crippen LogP contribution in [0.2, 0.25) is 0 Å². The third-order valence-corrected chi connectivity index (χ3v) is 4.35. The predicted molar refractivity (Wildman–Crippen MR) is 90.3 cm³/mol. The van der Waals surface area contributed by atoms with Gasteiger partial charge in [0.1, 0.15) is 5.69 Å². The smallest absolute Gasteiger partial charge is 0.217 e. The van der Waals surface area contributed by atoms with Crippen LogP contribution in [-0.2, 0) is 7.05 Å². The van der Waals surface area contributed by atoms with Crippen molar-refractivity contribution in [2.75, 3.05) is 0 Å². The highest BCUT2D eigenvalue weighted by Crippen LogP contribution is 2.34. The number of benzene rings is 2. The van der Waals surface area contributed by atoms with E-state index in [1.807, 2.05) is 60.1 Å². The Bertz CT molecular complexity index is 1010. The van der Waals surface area contributed by atoms with Gasteiger partial charge in [0.15, 0.2) is 0 Å². The van der Waals surface area contributed by atoms with E-state index >= 15 is 0 Å². The Morgan fingerprint density at radius 3 is 2.41 bits per heavy atom. The van der Waals surface area contributed by atoms with Gasteiger partial charge in [-0.15, -0.1) is 4.91 Å². The van der Waals surface area contributed by atoms with Crippen molar-refractivity contribution in [1.29, 1.82) is 0 Å². The summed E-state index contributed by atoms with van der Waals surface area (Å²) in [5.74, 6) is 1.03. The summed E-state index contributed by atoms with van der Waals surface area (Å²) in [4.78, 5) is 16.1. The number of nitrogens with zero attached hydrogens (tertiary/aromatic N) is 4. The lowest BCUT2D eigenvalue weighted by molar-refractivity contribution is 0.970. The van der Waals surface area contributed by atoms with Crippen LogP contribution in [0.15, 0.2) is 58.2 Å². The van der Waals surface area contributed by atoms with Crippen LogP contribution in [0.25, 0.3) is 28.1 Å². The zero-order chi connectivity index (χ0) is 15.3. The van der Waals surface area contributed by atoms with E-state index in [-0.39, 0.29) is 0 Å². The van der Waals surface area contributed by atoms with Crippen molar-refractivity contribution < 1.29 is 0 Å². The predicted octanol–water partition coefficient (Wildman–Crippen LogP) is 4.65. The van der Waals surface area contributed by atoms with Crippen LogP contribution in [0.1, 0.15) is 0 Å². The quantitative estimate of drug-likeness (QED) is 0.492. The summed E-state index contributed by atoms with van der Waals surface area (Å²) in [6.45, 7) is 0. The van der Waals surface area contributed by atoms with E-state index in [9.17, 15) is 4.91 Å². The van der Waals surface area contributed by atoms with Crippen molar-refractivity contribution in [2.45, 2.75) is 0 Å². The average Bonchev–Trinajstić information content (AvgIpc) is 3.05. The molecule has 0 fully saturated rings. The molecule has 6 heteroatoms. The highest BCUT2D eigenvalue weighted by Gasteiger charge is 2.20. The van der Waals surface area contributed by atoms with E-state index in [4.69, 9.17) is 0 Å². The molecule has 0 atom stereocenters. The second-order valence-corrected chi connectivity index (χ2v) is 5.98. The van der Waals surface area contributed by atoms with E-state index in [0.717, 1.165) is 21.1 Å². The topological polar surface area (TPSA) is 51.7 Å². The van der Waals surface area contributed by atoms with Gasteiger partial charge >= 0.3 is 0 Å². The molecule has 108 valence electrons. The zero-order valence-electron chi connectivity index (χ0n) is 11.7. The molecule has 0 aliphatic heterocycles. The summed E-state index contributed by atoms with van der Waals surface area (Å²) in [6.07, 6.45) is 0. The Morgan fingerprint density at radius 2 is 1.73 bits per heavy atom. The normalized spacial score (nSPS) is 11.4. The molecule has 0 radical (unpaired) electrons. The van der Waals surface area contributed by atoms with Crippen LogP contribution < -0.4 is 0 Å². The van der Waals surface area contributed by atoms with Crippen LogP contribution in [0.3, 0.4) is 0 Å². The second-order valence-electron chi connectivity index (χ2n) is 5.07. The van der Waals surface area contributed by atoms with E-state index in [1.54, 1.807) is 4.40 Å². The van der Waals surface area contributed by atoms with E-state index in [2.05, 4.69) is 26.1 Å². The fourth-order valence-corrected chi connectivity index (χ4v) is 3.04. The highest BCUT2D eigenvalue weighted by atomic mass is 79.9. The van der Waals surface area contributed by atoms with Crippen molar-refractivity contribution in [3.63, 3.8) is 0 Å². The first-order valence-electron chi connectivity index (χ1n) is 6.76. The Balaban J connectivity index is 2.11. The fraction of sp³-hybridized carbons (Fsp3) is 0.0625. The van der Waals surface area contributed by atoms with Crippen LogP contribution >= 0.6 is 15.9 Å². The molecule has 0 aliphatic rings. The van der Waals surface area contributed by atoms with Gasteiger partial charge in [-0.05, 0) is 29.4 Å². The molecule has 0 N–H and O–H groups in total. The number of fused-ring (bicyclic) bond motifs is 3. The van der Waals surface area contributed by atoms with Crippen molar-refractivity contribution in [2.24, 2.45) is 12.2 Å². The average molecular weight is 355 g/mol.